The number of hydrogen-bond donors (Lipinski definition) is 1. The lowest BCUT2D eigenvalue weighted by atomic mass is 9.52. The van der Waals surface area contributed by atoms with Gasteiger partial charge in [-0.15, -0.1) is 5.10 Å². The highest BCUT2D eigenvalue weighted by Crippen LogP contribution is 2.56. The van der Waals surface area contributed by atoms with E-state index in [0.717, 1.165) is 48.2 Å². The highest BCUT2D eigenvalue weighted by atomic mass is 15.4. The fourth-order valence-corrected chi connectivity index (χ4v) is 5.24. The predicted molar refractivity (Wildman–Crippen MR) is 73.3 cm³/mol. The minimum Gasteiger partial charge on any atom is -0.330 e. The zero-order chi connectivity index (χ0) is 12.8. The van der Waals surface area contributed by atoms with Crippen LogP contribution in [0.2, 0.25) is 0 Å². The maximum Gasteiger partial charge on any atom is 0.0839 e. The minimum absolute atomic E-state index is 0.663. The quantitative estimate of drug-likeness (QED) is 0.899. The summed E-state index contributed by atoms with van der Waals surface area (Å²) in [5, 5.41) is 8.52. The summed E-state index contributed by atoms with van der Waals surface area (Å²) in [4.78, 5) is 0. The second kappa shape index (κ2) is 4.58. The van der Waals surface area contributed by atoms with Gasteiger partial charge in [-0.1, -0.05) is 5.21 Å². The summed E-state index contributed by atoms with van der Waals surface area (Å²) in [5.74, 6) is 4.92. The van der Waals surface area contributed by atoms with Crippen LogP contribution in [0.25, 0.3) is 0 Å². The van der Waals surface area contributed by atoms with Crippen molar-refractivity contribution in [3.05, 3.63) is 11.9 Å². The lowest BCUT2D eigenvalue weighted by Crippen LogP contribution is -2.46. The third-order valence-corrected chi connectivity index (χ3v) is 5.81. The van der Waals surface area contributed by atoms with Crippen LogP contribution in [0.4, 0.5) is 0 Å². The number of nitrogens with two attached hydrogens (primary N) is 1. The Morgan fingerprint density at radius 3 is 2.42 bits per heavy atom. The molecule has 1 heterocycles. The molecule has 4 bridgehead atoms. The first-order chi connectivity index (χ1) is 9.31. The molecule has 4 nitrogen and oxygen atoms in total. The van der Waals surface area contributed by atoms with E-state index in [1.165, 1.54) is 32.1 Å². The van der Waals surface area contributed by atoms with Gasteiger partial charge in [0.2, 0.25) is 0 Å². The third-order valence-electron chi connectivity index (χ3n) is 5.81. The van der Waals surface area contributed by atoms with Crippen LogP contribution < -0.4 is 5.73 Å². The van der Waals surface area contributed by atoms with Gasteiger partial charge in [0.15, 0.2) is 0 Å². The van der Waals surface area contributed by atoms with Crippen molar-refractivity contribution >= 4 is 0 Å². The molecule has 1 aromatic heterocycles. The molecule has 0 unspecified atom stereocenters. The molecule has 5 rings (SSSR count). The van der Waals surface area contributed by atoms with E-state index in [4.69, 9.17) is 5.73 Å². The summed E-state index contributed by atoms with van der Waals surface area (Å²) < 4.78 is 2.08. The van der Waals surface area contributed by atoms with Crippen LogP contribution in [0.5, 0.6) is 0 Å². The Morgan fingerprint density at radius 2 is 1.79 bits per heavy atom. The largest absolute Gasteiger partial charge is 0.330 e. The lowest BCUT2D eigenvalue weighted by Gasteiger charge is -2.54. The zero-order valence-electron chi connectivity index (χ0n) is 11.5. The molecule has 0 saturated heterocycles. The van der Waals surface area contributed by atoms with E-state index in [1.807, 2.05) is 0 Å². The van der Waals surface area contributed by atoms with Gasteiger partial charge in [-0.2, -0.15) is 0 Å². The Balaban J connectivity index is 1.47. The summed E-state index contributed by atoms with van der Waals surface area (Å²) in [6.07, 6.45) is 10.4. The van der Waals surface area contributed by atoms with Crippen LogP contribution in [0.3, 0.4) is 0 Å². The van der Waals surface area contributed by atoms with Crippen molar-refractivity contribution in [3.8, 4) is 0 Å². The van der Waals surface area contributed by atoms with Crippen molar-refractivity contribution in [2.75, 3.05) is 6.54 Å². The average molecular weight is 260 g/mol. The van der Waals surface area contributed by atoms with Gasteiger partial charge in [-0.05, 0) is 68.2 Å². The molecule has 19 heavy (non-hydrogen) atoms. The molecule has 1 aromatic rings. The topological polar surface area (TPSA) is 56.7 Å². The molecule has 4 aliphatic rings. The van der Waals surface area contributed by atoms with Gasteiger partial charge in [-0.3, -0.25) is 4.68 Å². The standard InChI is InChI=1S/C15H24N4/c16-2-1-14-8-19(18-17-14)9-15-12-4-10-3-11(6-12)7-13(15)5-10/h8,10-13,15H,1-7,9,16H2. The Labute approximate surface area is 114 Å². The fourth-order valence-electron chi connectivity index (χ4n) is 5.24. The van der Waals surface area contributed by atoms with Crippen LogP contribution in [0.15, 0.2) is 6.20 Å². The van der Waals surface area contributed by atoms with E-state index in [9.17, 15) is 0 Å². The molecule has 4 saturated carbocycles. The van der Waals surface area contributed by atoms with Crippen molar-refractivity contribution in [1.82, 2.24) is 15.0 Å². The Kier molecular flexibility index (Phi) is 2.87. The Morgan fingerprint density at radius 1 is 1.11 bits per heavy atom. The van der Waals surface area contributed by atoms with Gasteiger partial charge in [0.1, 0.15) is 0 Å². The van der Waals surface area contributed by atoms with E-state index in [2.05, 4.69) is 21.2 Å². The molecular weight excluding hydrogens is 236 g/mol. The van der Waals surface area contributed by atoms with Crippen molar-refractivity contribution in [2.24, 2.45) is 35.3 Å². The van der Waals surface area contributed by atoms with E-state index in [1.54, 1.807) is 0 Å². The van der Waals surface area contributed by atoms with E-state index < -0.39 is 0 Å². The van der Waals surface area contributed by atoms with Crippen LogP contribution in [0, 0.1) is 29.6 Å². The highest BCUT2D eigenvalue weighted by molar-refractivity contribution is 4.99. The van der Waals surface area contributed by atoms with Gasteiger partial charge < -0.3 is 5.73 Å². The summed E-state index contributed by atoms with van der Waals surface area (Å²) in [6, 6.07) is 0. The molecule has 0 spiro atoms. The molecule has 0 atom stereocenters. The Hall–Kier alpha value is -0.900. The van der Waals surface area contributed by atoms with Gasteiger partial charge in [0, 0.05) is 19.2 Å². The van der Waals surface area contributed by atoms with Crippen LogP contribution in [-0.2, 0) is 13.0 Å². The van der Waals surface area contributed by atoms with E-state index in [-0.39, 0.29) is 0 Å². The first kappa shape index (κ1) is 11.9. The minimum atomic E-state index is 0.663. The molecule has 0 aliphatic heterocycles. The van der Waals surface area contributed by atoms with Crippen LogP contribution >= 0.6 is 0 Å². The predicted octanol–water partition coefficient (Wildman–Crippen LogP) is 1.85. The second-order valence-corrected chi connectivity index (χ2v) is 7.07. The van der Waals surface area contributed by atoms with Gasteiger partial charge >= 0.3 is 0 Å². The molecule has 4 aliphatic carbocycles. The maximum absolute atomic E-state index is 5.57. The molecule has 2 N–H and O–H groups in total. The number of nitrogens with zero attached hydrogens (tertiary/aromatic N) is 3. The normalized spacial score (nSPS) is 39.9. The first-order valence-corrected chi connectivity index (χ1v) is 7.91. The molecule has 0 radical (unpaired) electrons. The van der Waals surface area contributed by atoms with Crippen molar-refractivity contribution < 1.29 is 0 Å². The third kappa shape index (κ3) is 2.10. The van der Waals surface area contributed by atoms with E-state index >= 15 is 0 Å². The number of aromatic nitrogens is 3. The average Bonchev–Trinajstić information content (AvgIpc) is 2.81. The molecule has 104 valence electrons. The van der Waals surface area contributed by atoms with Crippen molar-refractivity contribution in [2.45, 2.75) is 45.1 Å². The molecular formula is C15H24N4. The van der Waals surface area contributed by atoms with Crippen LogP contribution in [-0.4, -0.2) is 21.5 Å². The van der Waals surface area contributed by atoms with E-state index in [0.29, 0.717) is 6.54 Å². The van der Waals surface area contributed by atoms with Crippen molar-refractivity contribution in [3.63, 3.8) is 0 Å². The second-order valence-electron chi connectivity index (χ2n) is 7.07. The number of rotatable bonds is 4. The summed E-state index contributed by atoms with van der Waals surface area (Å²) in [6.45, 7) is 1.75. The summed E-state index contributed by atoms with van der Waals surface area (Å²) >= 11 is 0. The molecule has 4 heteroatoms. The highest BCUT2D eigenvalue weighted by Gasteiger charge is 2.48. The number of hydrogen-bond acceptors (Lipinski definition) is 3. The molecule has 0 amide bonds. The molecule has 4 fully saturated rings. The zero-order valence-corrected chi connectivity index (χ0v) is 11.5. The smallest absolute Gasteiger partial charge is 0.0839 e. The van der Waals surface area contributed by atoms with Crippen molar-refractivity contribution in [1.29, 1.82) is 0 Å². The maximum atomic E-state index is 5.57. The monoisotopic (exact) mass is 260 g/mol. The fraction of sp³-hybridized carbons (Fsp3) is 0.867. The van der Waals surface area contributed by atoms with Gasteiger partial charge in [0.05, 0.1) is 5.69 Å². The van der Waals surface area contributed by atoms with Crippen LogP contribution in [0.1, 0.15) is 37.8 Å². The summed E-state index contributed by atoms with van der Waals surface area (Å²) in [5.41, 5.74) is 6.62. The summed E-state index contributed by atoms with van der Waals surface area (Å²) in [7, 11) is 0. The lowest BCUT2D eigenvalue weighted by molar-refractivity contribution is -0.0444. The van der Waals surface area contributed by atoms with Gasteiger partial charge in [-0.25, -0.2) is 0 Å². The molecule has 0 aromatic carbocycles. The Bertz CT molecular complexity index is 425. The van der Waals surface area contributed by atoms with Gasteiger partial charge in [0.25, 0.3) is 0 Å². The first-order valence-electron chi connectivity index (χ1n) is 7.91. The SMILES string of the molecule is NCCc1cn(CC2C3CC4CC(C3)CC2C4)nn1.